The van der Waals surface area contributed by atoms with Gasteiger partial charge in [0.25, 0.3) is 0 Å². The molecular formula is C42H34B8O. The summed E-state index contributed by atoms with van der Waals surface area (Å²) in [6.45, 7) is 0. The maximum Gasteiger partial charge on any atom is 0.143 e. The second-order valence-corrected chi connectivity index (χ2v) is 14.6. The van der Waals surface area contributed by atoms with Crippen LogP contribution >= 0.6 is 0 Å². The van der Waals surface area contributed by atoms with Gasteiger partial charge in [-0.15, -0.1) is 21.9 Å². The molecular weight excluding hydrogens is 607 g/mol. The average molecular weight is 641 g/mol. The van der Waals surface area contributed by atoms with Gasteiger partial charge in [0.1, 0.15) is 73.9 Å². The van der Waals surface area contributed by atoms with Gasteiger partial charge in [-0.3, -0.25) is 0 Å². The Labute approximate surface area is 306 Å². The fraction of sp³-hybridized carbons (Fsp3) is 0. The molecule has 0 saturated heterocycles. The van der Waals surface area contributed by atoms with E-state index < -0.39 is 0 Å². The first-order valence-electron chi connectivity index (χ1n) is 18.1. The summed E-state index contributed by atoms with van der Waals surface area (Å²) in [4.78, 5) is 0. The molecule has 0 N–H and O–H groups in total. The average Bonchev–Trinajstić information content (AvgIpc) is 3.56. The number of rotatable bonds is 3. The van der Waals surface area contributed by atoms with Crippen LogP contribution in [0.2, 0.25) is 0 Å². The Morgan fingerprint density at radius 1 is 0.353 bits per heavy atom. The molecule has 0 bridgehead atoms. The van der Waals surface area contributed by atoms with Gasteiger partial charge in [0.15, 0.2) is 0 Å². The van der Waals surface area contributed by atoms with E-state index in [0.717, 1.165) is 27.7 Å². The molecule has 0 saturated carbocycles. The Morgan fingerprint density at radius 2 is 0.824 bits per heavy atom. The molecule has 232 valence electrons. The Bertz CT molecular complexity index is 2850. The highest BCUT2D eigenvalue weighted by Crippen LogP contribution is 2.46. The van der Waals surface area contributed by atoms with Crippen molar-refractivity contribution in [3.05, 3.63) is 109 Å². The molecule has 9 heteroatoms. The normalized spacial score (nSPS) is 11.8. The van der Waals surface area contributed by atoms with Crippen LogP contribution in [0.3, 0.4) is 0 Å². The molecule has 51 heavy (non-hydrogen) atoms. The molecule has 0 atom stereocenters. The first-order valence-corrected chi connectivity index (χ1v) is 18.1. The van der Waals surface area contributed by atoms with Crippen LogP contribution in [-0.2, 0) is 0 Å². The predicted octanol–water partition coefficient (Wildman–Crippen LogP) is -1.89. The van der Waals surface area contributed by atoms with E-state index in [1.54, 1.807) is 0 Å². The zero-order chi connectivity index (χ0) is 35.3. The van der Waals surface area contributed by atoms with E-state index in [0.29, 0.717) is 0 Å². The molecule has 9 rings (SSSR count). The number of hydrogen-bond donors (Lipinski definition) is 0. The number of furan rings is 1. The van der Waals surface area contributed by atoms with Crippen molar-refractivity contribution >= 4 is 161 Å². The zero-order valence-corrected chi connectivity index (χ0v) is 30.8. The van der Waals surface area contributed by atoms with Crippen molar-refractivity contribution in [2.24, 2.45) is 0 Å². The van der Waals surface area contributed by atoms with Crippen molar-refractivity contribution in [1.29, 1.82) is 0 Å². The van der Waals surface area contributed by atoms with Crippen LogP contribution < -0.4 is 43.7 Å². The van der Waals surface area contributed by atoms with Crippen LogP contribution in [0.4, 0.5) is 0 Å². The van der Waals surface area contributed by atoms with Gasteiger partial charge in [-0.2, -0.15) is 0 Å². The van der Waals surface area contributed by atoms with E-state index in [2.05, 4.69) is 172 Å². The lowest BCUT2D eigenvalue weighted by Gasteiger charge is -2.28. The molecule has 0 aliphatic rings. The molecule has 0 aliphatic heterocycles. The largest absolute Gasteiger partial charge is 0.455 e. The molecule has 0 spiro atoms. The zero-order valence-electron chi connectivity index (χ0n) is 30.8. The van der Waals surface area contributed by atoms with Gasteiger partial charge in [0, 0.05) is 16.3 Å². The second kappa shape index (κ2) is 11.7. The first-order chi connectivity index (χ1) is 24.7. The molecule has 0 radical (unpaired) electrons. The lowest BCUT2D eigenvalue weighted by Crippen LogP contribution is -2.50. The van der Waals surface area contributed by atoms with Crippen LogP contribution in [0.15, 0.2) is 114 Å². The molecule has 9 aromatic rings. The fourth-order valence-corrected chi connectivity index (χ4v) is 8.93. The third-order valence-electron chi connectivity index (χ3n) is 12.3. The molecule has 0 unspecified atom stereocenters. The van der Waals surface area contributed by atoms with Crippen LogP contribution in [0.5, 0.6) is 0 Å². The topological polar surface area (TPSA) is 13.1 Å². The monoisotopic (exact) mass is 642 g/mol. The van der Waals surface area contributed by atoms with Crippen molar-refractivity contribution in [3.8, 4) is 33.4 Å². The Hall–Kier alpha value is -5.14. The molecule has 1 heterocycles. The highest BCUT2D eigenvalue weighted by molar-refractivity contribution is 6.71. The second-order valence-electron chi connectivity index (χ2n) is 14.6. The third kappa shape index (κ3) is 4.53. The molecule has 1 aromatic heterocycles. The van der Waals surface area contributed by atoms with Gasteiger partial charge in [0.2, 0.25) is 0 Å². The van der Waals surface area contributed by atoms with Gasteiger partial charge < -0.3 is 4.42 Å². The third-order valence-corrected chi connectivity index (χ3v) is 12.3. The summed E-state index contributed by atoms with van der Waals surface area (Å²) in [5.41, 5.74) is 20.2. The van der Waals surface area contributed by atoms with Gasteiger partial charge in [-0.1, -0.05) is 113 Å². The van der Waals surface area contributed by atoms with E-state index in [-0.39, 0.29) is 0 Å². The summed E-state index contributed by atoms with van der Waals surface area (Å²) in [5.74, 6) is 0. The van der Waals surface area contributed by atoms with E-state index >= 15 is 0 Å². The Balaban J connectivity index is 1.59. The van der Waals surface area contributed by atoms with Crippen LogP contribution in [0.25, 0.3) is 87.6 Å². The Kier molecular flexibility index (Phi) is 7.30. The summed E-state index contributed by atoms with van der Waals surface area (Å²) in [6.07, 6.45) is 0. The van der Waals surface area contributed by atoms with Crippen LogP contribution in [0.1, 0.15) is 0 Å². The minimum absolute atomic E-state index is 0.921. The van der Waals surface area contributed by atoms with E-state index in [1.807, 2.05) is 0 Å². The Morgan fingerprint density at radius 3 is 1.37 bits per heavy atom. The number of hydrogen-bond acceptors (Lipinski definition) is 1. The highest BCUT2D eigenvalue weighted by atomic mass is 16.3. The van der Waals surface area contributed by atoms with E-state index in [4.69, 9.17) is 4.42 Å². The summed E-state index contributed by atoms with van der Waals surface area (Å²) in [6, 6.07) is 39.7. The molecule has 8 aromatic carbocycles. The maximum absolute atomic E-state index is 6.84. The summed E-state index contributed by atoms with van der Waals surface area (Å²) in [5, 5.41) is 10.2. The van der Waals surface area contributed by atoms with Gasteiger partial charge in [0.05, 0.1) is 0 Å². The first kappa shape index (κ1) is 31.8. The molecule has 0 aliphatic carbocycles. The molecule has 0 amide bonds. The lowest BCUT2D eigenvalue weighted by molar-refractivity contribution is 0.670. The molecule has 0 fully saturated rings. The SMILES string of the molecule is Bc1c(B)c(B)c2c(-c3cc(-c4ccccc4)c4oc5ccc6ccccc6c5c4c3)c3c(B)c(B)c(B)c(B)c3c(-c3ccccc3)c2c1B. The minimum Gasteiger partial charge on any atom is -0.455 e. The van der Waals surface area contributed by atoms with Crippen molar-refractivity contribution < 1.29 is 4.42 Å². The predicted molar refractivity (Wildman–Crippen MR) is 248 cm³/mol. The summed E-state index contributed by atoms with van der Waals surface area (Å²) < 4.78 is 6.84. The highest BCUT2D eigenvalue weighted by Gasteiger charge is 2.26. The van der Waals surface area contributed by atoms with Crippen LogP contribution in [0, 0.1) is 0 Å². The quantitative estimate of drug-likeness (QED) is 0.163. The van der Waals surface area contributed by atoms with Crippen molar-refractivity contribution in [3.63, 3.8) is 0 Å². The number of benzene rings is 8. The molecule has 1 nitrogen and oxygen atoms in total. The van der Waals surface area contributed by atoms with Crippen molar-refractivity contribution in [2.75, 3.05) is 0 Å². The van der Waals surface area contributed by atoms with Crippen LogP contribution in [-0.4, -0.2) is 62.8 Å². The van der Waals surface area contributed by atoms with Gasteiger partial charge in [-0.05, 0) is 78.3 Å². The lowest BCUT2D eigenvalue weighted by atomic mass is 9.59. The summed E-state index contributed by atoms with van der Waals surface area (Å²) >= 11 is 0. The van der Waals surface area contributed by atoms with Gasteiger partial charge >= 0.3 is 0 Å². The summed E-state index contributed by atoms with van der Waals surface area (Å²) in [7, 11) is 18.6. The fourth-order valence-electron chi connectivity index (χ4n) is 8.93. The standard InChI is InChI=1S/C42H34B8O/c43-34-30-27(21-12-5-2-6-13-21)31-33(37(46)41(50)39(48)35(31)44)28(32(30)36(45)40(49)38(34)47)22-17-24(19-9-3-1-4-10-19)42-25(18-22)29-23-14-8-7-11-20(23)15-16-26(29)51-42/h1-18H,43-50H2. The van der Waals surface area contributed by atoms with Crippen molar-refractivity contribution in [1.82, 2.24) is 0 Å². The maximum atomic E-state index is 6.84. The van der Waals surface area contributed by atoms with E-state index in [1.165, 1.54) is 104 Å². The van der Waals surface area contributed by atoms with Crippen molar-refractivity contribution in [2.45, 2.75) is 0 Å². The van der Waals surface area contributed by atoms with Gasteiger partial charge in [-0.25, -0.2) is 0 Å². The number of fused-ring (bicyclic) bond motifs is 7. The smallest absolute Gasteiger partial charge is 0.143 e. The minimum atomic E-state index is 0.921. The van der Waals surface area contributed by atoms with E-state index in [9.17, 15) is 0 Å².